The van der Waals surface area contributed by atoms with Crippen molar-refractivity contribution >= 4 is 29.1 Å². The van der Waals surface area contributed by atoms with Crippen LogP contribution in [0.3, 0.4) is 0 Å². The third-order valence-electron chi connectivity index (χ3n) is 7.67. The molecule has 3 atom stereocenters. The Kier molecular flexibility index (Phi) is 6.77. The van der Waals surface area contributed by atoms with E-state index >= 15 is 0 Å². The standard InChI is InChI=1S/C25H33FN4O2S/c1-15-6-8-17(9-7-15)27-23(31)16-10-12-30(13-11-16)25-28-21-19(14-33-22(21)24(32)29-25)18-4-2-3-5-20(18)26/h2-5,14-17,21-22,25,28H,6-13H2,1H3,(H,27,31)(H,29,32). The van der Waals surface area contributed by atoms with Crippen molar-refractivity contribution in [3.63, 3.8) is 0 Å². The highest BCUT2D eigenvalue weighted by Crippen LogP contribution is 2.39. The van der Waals surface area contributed by atoms with E-state index in [1.54, 1.807) is 12.1 Å². The quantitative estimate of drug-likeness (QED) is 0.628. The fraction of sp³-hybridized carbons (Fsp3) is 0.600. The number of fused-ring (bicyclic) bond motifs is 1. The molecule has 8 heteroatoms. The van der Waals surface area contributed by atoms with Gasteiger partial charge in [0.05, 0.1) is 6.04 Å². The number of benzene rings is 1. The second-order valence-corrected chi connectivity index (χ2v) is 11.0. The number of nitrogens with one attached hydrogen (secondary N) is 3. The summed E-state index contributed by atoms with van der Waals surface area (Å²) in [5, 5.41) is 11.5. The fourth-order valence-electron chi connectivity index (χ4n) is 5.55. The molecule has 3 unspecified atom stereocenters. The first-order valence-electron chi connectivity index (χ1n) is 12.2. The minimum absolute atomic E-state index is 0.0252. The Morgan fingerprint density at radius 1 is 1.12 bits per heavy atom. The highest BCUT2D eigenvalue weighted by Gasteiger charge is 2.44. The second kappa shape index (κ2) is 9.76. The van der Waals surface area contributed by atoms with E-state index in [4.69, 9.17) is 0 Å². The monoisotopic (exact) mass is 472 g/mol. The minimum atomic E-state index is -0.309. The van der Waals surface area contributed by atoms with E-state index in [1.165, 1.54) is 30.7 Å². The average molecular weight is 473 g/mol. The lowest BCUT2D eigenvalue weighted by atomic mass is 9.86. The second-order valence-electron chi connectivity index (χ2n) is 9.94. The molecule has 33 heavy (non-hydrogen) atoms. The number of nitrogens with zero attached hydrogens (tertiary/aromatic N) is 1. The van der Waals surface area contributed by atoms with E-state index in [0.29, 0.717) is 11.6 Å². The molecule has 1 aromatic carbocycles. The van der Waals surface area contributed by atoms with Gasteiger partial charge in [0.25, 0.3) is 0 Å². The molecule has 0 bridgehead atoms. The van der Waals surface area contributed by atoms with Crippen LogP contribution in [0.1, 0.15) is 51.0 Å². The zero-order valence-electron chi connectivity index (χ0n) is 19.1. The van der Waals surface area contributed by atoms with Crippen molar-refractivity contribution in [2.45, 2.75) is 69.1 Å². The molecule has 3 aliphatic heterocycles. The molecule has 3 N–H and O–H groups in total. The van der Waals surface area contributed by atoms with E-state index in [-0.39, 0.29) is 41.1 Å². The summed E-state index contributed by atoms with van der Waals surface area (Å²) in [6.45, 7) is 3.76. The highest BCUT2D eigenvalue weighted by molar-refractivity contribution is 8.04. The summed E-state index contributed by atoms with van der Waals surface area (Å²) in [5.74, 6) is 0.693. The van der Waals surface area contributed by atoms with Crippen LogP contribution >= 0.6 is 11.8 Å². The topological polar surface area (TPSA) is 73.5 Å². The van der Waals surface area contributed by atoms with Gasteiger partial charge in [0.2, 0.25) is 11.8 Å². The van der Waals surface area contributed by atoms with Gasteiger partial charge in [0.1, 0.15) is 17.4 Å². The Morgan fingerprint density at radius 2 is 1.85 bits per heavy atom. The summed E-state index contributed by atoms with van der Waals surface area (Å²) in [6, 6.07) is 6.81. The number of thioether (sulfide) groups is 1. The first-order chi connectivity index (χ1) is 16.0. The molecule has 0 aromatic heterocycles. The van der Waals surface area contributed by atoms with Crippen LogP contribution in [-0.2, 0) is 9.59 Å². The maximum Gasteiger partial charge on any atom is 0.237 e. The average Bonchev–Trinajstić information content (AvgIpc) is 3.25. The van der Waals surface area contributed by atoms with Gasteiger partial charge in [-0.05, 0) is 61.5 Å². The molecule has 4 aliphatic rings. The summed E-state index contributed by atoms with van der Waals surface area (Å²) < 4.78 is 14.4. The number of amides is 2. The van der Waals surface area contributed by atoms with Crippen LogP contribution in [0.15, 0.2) is 29.7 Å². The zero-order chi connectivity index (χ0) is 22.9. The largest absolute Gasteiger partial charge is 0.353 e. The molecular weight excluding hydrogens is 439 g/mol. The summed E-state index contributed by atoms with van der Waals surface area (Å²) in [6.07, 6.45) is 5.81. The Morgan fingerprint density at radius 3 is 2.58 bits per heavy atom. The van der Waals surface area contributed by atoms with Crippen molar-refractivity contribution in [2.75, 3.05) is 13.1 Å². The van der Waals surface area contributed by atoms with E-state index in [9.17, 15) is 14.0 Å². The number of rotatable bonds is 4. The highest BCUT2D eigenvalue weighted by atomic mass is 32.2. The number of hydrogen-bond donors (Lipinski definition) is 3. The summed E-state index contributed by atoms with van der Waals surface area (Å²) in [4.78, 5) is 27.8. The van der Waals surface area contributed by atoms with Gasteiger partial charge in [-0.25, -0.2) is 4.39 Å². The zero-order valence-corrected chi connectivity index (χ0v) is 19.9. The molecular formula is C25H33FN4O2S. The third kappa shape index (κ3) is 4.84. The molecule has 2 amide bonds. The van der Waals surface area contributed by atoms with Crippen molar-refractivity contribution in [3.05, 3.63) is 41.1 Å². The van der Waals surface area contributed by atoms with Crippen LogP contribution in [0.4, 0.5) is 4.39 Å². The van der Waals surface area contributed by atoms with Crippen molar-refractivity contribution in [1.29, 1.82) is 0 Å². The van der Waals surface area contributed by atoms with Gasteiger partial charge in [0.15, 0.2) is 0 Å². The lowest BCUT2D eigenvalue weighted by Crippen LogP contribution is -2.68. The van der Waals surface area contributed by atoms with Gasteiger partial charge >= 0.3 is 0 Å². The van der Waals surface area contributed by atoms with Gasteiger partial charge < -0.3 is 10.6 Å². The van der Waals surface area contributed by atoms with E-state index in [1.807, 2.05) is 11.5 Å². The van der Waals surface area contributed by atoms with Gasteiger partial charge in [-0.2, -0.15) is 0 Å². The number of hydrogen-bond acceptors (Lipinski definition) is 5. The first-order valence-corrected chi connectivity index (χ1v) is 13.1. The predicted molar refractivity (Wildman–Crippen MR) is 128 cm³/mol. The van der Waals surface area contributed by atoms with Crippen LogP contribution < -0.4 is 16.0 Å². The van der Waals surface area contributed by atoms with Gasteiger partial charge in [-0.3, -0.25) is 19.8 Å². The molecule has 178 valence electrons. The van der Waals surface area contributed by atoms with Crippen molar-refractivity contribution < 1.29 is 14.0 Å². The SMILES string of the molecule is CC1CCC(NC(=O)C2CCN(C3NC(=O)C4SC=C(c5ccccc5F)C4N3)CC2)CC1. The molecule has 1 aliphatic carbocycles. The summed E-state index contributed by atoms with van der Waals surface area (Å²) in [5.41, 5.74) is 1.38. The first kappa shape index (κ1) is 22.9. The number of likely N-dealkylation sites (tertiary alicyclic amines) is 1. The van der Waals surface area contributed by atoms with Crippen LogP contribution in [0.5, 0.6) is 0 Å². The third-order valence-corrected chi connectivity index (χ3v) is 8.84. The minimum Gasteiger partial charge on any atom is -0.353 e. The molecule has 0 spiro atoms. The van der Waals surface area contributed by atoms with Crippen molar-refractivity contribution in [1.82, 2.24) is 20.9 Å². The van der Waals surface area contributed by atoms with Gasteiger partial charge in [0, 0.05) is 30.6 Å². The van der Waals surface area contributed by atoms with E-state index in [2.05, 4.69) is 27.8 Å². The van der Waals surface area contributed by atoms with Crippen molar-refractivity contribution in [3.8, 4) is 0 Å². The lowest BCUT2D eigenvalue weighted by molar-refractivity contribution is -0.130. The Bertz CT molecular complexity index is 925. The molecule has 3 fully saturated rings. The molecule has 5 rings (SSSR count). The Hall–Kier alpha value is -1.90. The van der Waals surface area contributed by atoms with E-state index < -0.39 is 0 Å². The smallest absolute Gasteiger partial charge is 0.237 e. The fourth-order valence-corrected chi connectivity index (χ4v) is 6.69. The Labute approximate surface area is 199 Å². The molecule has 1 saturated carbocycles. The lowest BCUT2D eigenvalue weighted by Gasteiger charge is -2.43. The number of carbonyl (C=O) groups is 2. The maximum absolute atomic E-state index is 14.4. The Balaban J connectivity index is 1.17. The molecule has 6 nitrogen and oxygen atoms in total. The number of carbonyl (C=O) groups excluding carboxylic acids is 2. The van der Waals surface area contributed by atoms with Crippen LogP contribution in [0.2, 0.25) is 0 Å². The number of piperidine rings is 1. The number of halogens is 1. The molecule has 3 heterocycles. The van der Waals surface area contributed by atoms with E-state index in [0.717, 1.165) is 50.3 Å². The predicted octanol–water partition coefficient (Wildman–Crippen LogP) is 3.06. The van der Waals surface area contributed by atoms with Crippen molar-refractivity contribution in [2.24, 2.45) is 11.8 Å². The normalized spacial score (nSPS) is 33.2. The maximum atomic E-state index is 14.4. The molecule has 0 radical (unpaired) electrons. The van der Waals surface area contributed by atoms with Gasteiger partial charge in [-0.15, -0.1) is 11.8 Å². The molecule has 2 saturated heterocycles. The van der Waals surface area contributed by atoms with Crippen LogP contribution in [-0.4, -0.2) is 53.4 Å². The van der Waals surface area contributed by atoms with Crippen LogP contribution in [0, 0.1) is 17.7 Å². The summed E-state index contributed by atoms with van der Waals surface area (Å²) in [7, 11) is 0. The summed E-state index contributed by atoms with van der Waals surface area (Å²) >= 11 is 1.44. The van der Waals surface area contributed by atoms with Crippen LogP contribution in [0.25, 0.3) is 5.57 Å². The molecule has 1 aromatic rings. The van der Waals surface area contributed by atoms with Gasteiger partial charge in [-0.1, -0.05) is 25.1 Å².